The van der Waals surface area contributed by atoms with E-state index in [1.165, 1.54) is 11.6 Å². The number of anilines is 1. The maximum Gasteiger partial charge on any atom is 0.335 e. The van der Waals surface area contributed by atoms with E-state index >= 15 is 0 Å². The highest BCUT2D eigenvalue weighted by molar-refractivity contribution is 6.10. The number of aryl methyl sites for hydroxylation is 1. The molecule has 2 atom stereocenters. The Morgan fingerprint density at radius 3 is 2.64 bits per heavy atom. The first-order chi connectivity index (χ1) is 10.5. The van der Waals surface area contributed by atoms with Gasteiger partial charge in [0, 0.05) is 11.6 Å². The first-order valence-electron chi connectivity index (χ1n) is 7.28. The maximum absolute atomic E-state index is 12.5. The second-order valence-corrected chi connectivity index (χ2v) is 6.16. The second-order valence-electron chi connectivity index (χ2n) is 6.16. The molecule has 1 aliphatic carbocycles. The van der Waals surface area contributed by atoms with Crippen molar-refractivity contribution in [2.24, 2.45) is 0 Å². The number of hydrogen-bond donors (Lipinski definition) is 2. The number of rotatable bonds is 2. The minimum absolute atomic E-state index is 0.0180. The van der Waals surface area contributed by atoms with Crippen LogP contribution in [0.1, 0.15) is 39.4 Å². The van der Waals surface area contributed by atoms with Gasteiger partial charge in [0.2, 0.25) is 5.91 Å². The molecule has 1 aliphatic heterocycles. The number of hydrogen-bond acceptors (Lipinski definition) is 2. The Morgan fingerprint density at radius 2 is 1.95 bits per heavy atom. The van der Waals surface area contributed by atoms with Crippen LogP contribution in [0.25, 0.3) is 0 Å². The third kappa shape index (κ3) is 1.64. The molecule has 1 heterocycles. The van der Waals surface area contributed by atoms with Crippen LogP contribution in [0.15, 0.2) is 42.5 Å². The van der Waals surface area contributed by atoms with Gasteiger partial charge in [-0.15, -0.1) is 0 Å². The Bertz CT molecular complexity index is 810. The fourth-order valence-electron chi connectivity index (χ4n) is 3.52. The Hall–Kier alpha value is -2.62. The SMILES string of the molecule is Cc1ccc([C@H]2C[C@@]23C(=O)Nc2ccc(C(=O)O)cc23)cc1. The van der Waals surface area contributed by atoms with E-state index in [9.17, 15) is 14.7 Å². The molecule has 4 heteroatoms. The summed E-state index contributed by atoms with van der Waals surface area (Å²) in [6.45, 7) is 2.03. The molecule has 1 amide bonds. The van der Waals surface area contributed by atoms with Gasteiger partial charge in [-0.2, -0.15) is 0 Å². The van der Waals surface area contributed by atoms with Crippen molar-refractivity contribution < 1.29 is 14.7 Å². The summed E-state index contributed by atoms with van der Waals surface area (Å²) >= 11 is 0. The number of carboxylic acid groups (broad SMARTS) is 1. The van der Waals surface area contributed by atoms with E-state index in [-0.39, 0.29) is 17.4 Å². The lowest BCUT2D eigenvalue weighted by Crippen LogP contribution is -2.21. The fourth-order valence-corrected chi connectivity index (χ4v) is 3.52. The third-order valence-electron chi connectivity index (χ3n) is 4.84. The molecule has 0 unspecified atom stereocenters. The van der Waals surface area contributed by atoms with Crippen LogP contribution in [0.2, 0.25) is 0 Å². The summed E-state index contributed by atoms with van der Waals surface area (Å²) in [6, 6.07) is 13.1. The maximum atomic E-state index is 12.5. The zero-order valence-corrected chi connectivity index (χ0v) is 12.1. The first-order valence-corrected chi connectivity index (χ1v) is 7.28. The van der Waals surface area contributed by atoms with Crippen LogP contribution in [0.5, 0.6) is 0 Å². The standard InChI is InChI=1S/C18H15NO3/c1-10-2-4-11(5-3-10)14-9-18(14)13-8-12(16(20)21)6-7-15(13)19-17(18)22/h2-8,14H,9H2,1H3,(H,19,22)(H,20,21)/t14-,18+/m1/s1. The normalized spacial score (nSPS) is 25.0. The highest BCUT2D eigenvalue weighted by Gasteiger charge is 2.65. The lowest BCUT2D eigenvalue weighted by Gasteiger charge is -2.09. The zero-order chi connectivity index (χ0) is 15.5. The number of benzene rings is 2. The van der Waals surface area contributed by atoms with Gasteiger partial charge in [-0.3, -0.25) is 4.79 Å². The number of fused-ring (bicyclic) bond motifs is 2. The van der Waals surface area contributed by atoms with Gasteiger partial charge in [0.1, 0.15) is 0 Å². The van der Waals surface area contributed by atoms with Crippen molar-refractivity contribution in [3.05, 3.63) is 64.7 Å². The predicted molar refractivity (Wildman–Crippen MR) is 82.2 cm³/mol. The molecule has 22 heavy (non-hydrogen) atoms. The number of amides is 1. The van der Waals surface area contributed by atoms with Crippen LogP contribution in [-0.4, -0.2) is 17.0 Å². The molecule has 1 saturated carbocycles. The molecule has 2 aliphatic rings. The molecular formula is C18H15NO3. The van der Waals surface area contributed by atoms with Gasteiger partial charge < -0.3 is 10.4 Å². The lowest BCUT2D eigenvalue weighted by molar-refractivity contribution is -0.118. The Morgan fingerprint density at radius 1 is 1.23 bits per heavy atom. The third-order valence-corrected chi connectivity index (χ3v) is 4.84. The van der Waals surface area contributed by atoms with Crippen LogP contribution < -0.4 is 5.32 Å². The second kappa shape index (κ2) is 4.19. The van der Waals surface area contributed by atoms with Crippen LogP contribution in [0.4, 0.5) is 5.69 Å². The highest BCUT2D eigenvalue weighted by Crippen LogP contribution is 2.64. The van der Waals surface area contributed by atoms with Crippen LogP contribution in [0.3, 0.4) is 0 Å². The minimum Gasteiger partial charge on any atom is -0.478 e. The van der Waals surface area contributed by atoms with Gasteiger partial charge in [-0.25, -0.2) is 4.79 Å². The van der Waals surface area contributed by atoms with Gasteiger partial charge in [0.25, 0.3) is 0 Å². The number of carboxylic acids is 1. The molecule has 0 saturated heterocycles. The molecular weight excluding hydrogens is 278 g/mol. The van der Waals surface area contributed by atoms with Gasteiger partial charge in [0.05, 0.1) is 11.0 Å². The summed E-state index contributed by atoms with van der Waals surface area (Å²) in [5, 5.41) is 12.1. The first kappa shape index (κ1) is 13.1. The van der Waals surface area contributed by atoms with Crippen molar-refractivity contribution >= 4 is 17.6 Å². The molecule has 2 aromatic carbocycles. The summed E-state index contributed by atoms with van der Waals surface area (Å²) in [5.74, 6) is -0.862. The summed E-state index contributed by atoms with van der Waals surface area (Å²) in [7, 11) is 0. The van der Waals surface area contributed by atoms with Crippen molar-refractivity contribution in [3.63, 3.8) is 0 Å². The molecule has 0 radical (unpaired) electrons. The fraction of sp³-hybridized carbons (Fsp3) is 0.222. The molecule has 0 bridgehead atoms. The highest BCUT2D eigenvalue weighted by atomic mass is 16.4. The van der Waals surface area contributed by atoms with Crippen LogP contribution in [-0.2, 0) is 10.2 Å². The Labute approximate surface area is 127 Å². The summed E-state index contributed by atoms with van der Waals surface area (Å²) in [5.41, 5.74) is 3.52. The van der Waals surface area contributed by atoms with E-state index in [0.29, 0.717) is 0 Å². The smallest absolute Gasteiger partial charge is 0.335 e. The van der Waals surface area contributed by atoms with E-state index in [0.717, 1.165) is 23.2 Å². The van der Waals surface area contributed by atoms with E-state index in [1.54, 1.807) is 12.1 Å². The molecule has 0 aromatic heterocycles. The molecule has 2 N–H and O–H groups in total. The van der Waals surface area contributed by atoms with Gasteiger partial charge >= 0.3 is 5.97 Å². The molecule has 4 rings (SSSR count). The van der Waals surface area contributed by atoms with Crippen molar-refractivity contribution in [2.45, 2.75) is 24.7 Å². The van der Waals surface area contributed by atoms with Crippen molar-refractivity contribution in [1.82, 2.24) is 0 Å². The van der Waals surface area contributed by atoms with Gasteiger partial charge in [-0.05, 0) is 42.7 Å². The topological polar surface area (TPSA) is 66.4 Å². The van der Waals surface area contributed by atoms with E-state index in [1.807, 2.05) is 19.1 Å². The van der Waals surface area contributed by atoms with E-state index < -0.39 is 11.4 Å². The molecule has 110 valence electrons. The molecule has 4 nitrogen and oxygen atoms in total. The summed E-state index contributed by atoms with van der Waals surface area (Å²) < 4.78 is 0. The largest absolute Gasteiger partial charge is 0.478 e. The van der Waals surface area contributed by atoms with Crippen LogP contribution in [0, 0.1) is 6.92 Å². The average Bonchev–Trinajstić information content (AvgIpc) is 3.18. The minimum atomic E-state index is -0.968. The van der Waals surface area contributed by atoms with E-state index in [4.69, 9.17) is 0 Å². The van der Waals surface area contributed by atoms with Gasteiger partial charge in [0.15, 0.2) is 0 Å². The molecule has 2 aromatic rings. The number of carbonyl (C=O) groups is 2. The monoisotopic (exact) mass is 293 g/mol. The number of nitrogens with one attached hydrogen (secondary N) is 1. The summed E-state index contributed by atoms with van der Waals surface area (Å²) in [4.78, 5) is 23.7. The van der Waals surface area contributed by atoms with Crippen LogP contribution >= 0.6 is 0 Å². The number of carbonyl (C=O) groups excluding carboxylic acids is 1. The molecule has 1 fully saturated rings. The van der Waals surface area contributed by atoms with E-state index in [2.05, 4.69) is 17.4 Å². The molecule has 1 spiro atoms. The van der Waals surface area contributed by atoms with Crippen molar-refractivity contribution in [3.8, 4) is 0 Å². The zero-order valence-electron chi connectivity index (χ0n) is 12.1. The van der Waals surface area contributed by atoms with Gasteiger partial charge in [-0.1, -0.05) is 29.8 Å². The number of aromatic carboxylic acids is 1. The average molecular weight is 293 g/mol. The Kier molecular flexibility index (Phi) is 2.49. The van der Waals surface area contributed by atoms with Crippen molar-refractivity contribution in [1.29, 1.82) is 0 Å². The quantitative estimate of drug-likeness (QED) is 0.894. The lowest BCUT2D eigenvalue weighted by atomic mass is 9.91. The van der Waals surface area contributed by atoms with Crippen molar-refractivity contribution in [2.75, 3.05) is 5.32 Å². The predicted octanol–water partition coefficient (Wildman–Crippen LogP) is 3.07. The summed E-state index contributed by atoms with van der Waals surface area (Å²) in [6.07, 6.45) is 0.734. The Balaban J connectivity index is 1.79.